The number of benzene rings is 2. The molecule has 3 aromatic rings. The topological polar surface area (TPSA) is 59.8 Å². The second-order valence-corrected chi connectivity index (χ2v) is 8.27. The van der Waals surface area contributed by atoms with Crippen LogP contribution in [0.3, 0.4) is 0 Å². The van der Waals surface area contributed by atoms with E-state index < -0.39 is 11.7 Å². The Hall–Kier alpha value is -2.81. The number of alkyl halides is 3. The summed E-state index contributed by atoms with van der Waals surface area (Å²) in [5, 5.41) is 11.8. The van der Waals surface area contributed by atoms with E-state index in [1.54, 1.807) is 10.6 Å². The first-order valence-corrected chi connectivity index (χ1v) is 11.5. The van der Waals surface area contributed by atoms with Gasteiger partial charge in [-0.1, -0.05) is 61.5 Å². The molecule has 1 N–H and O–H groups in total. The number of halogens is 3. The average molecular weight is 463 g/mol. The highest BCUT2D eigenvalue weighted by Crippen LogP contribution is 2.33. The van der Waals surface area contributed by atoms with Gasteiger partial charge in [0.05, 0.1) is 11.3 Å². The van der Waals surface area contributed by atoms with Crippen molar-refractivity contribution in [3.63, 3.8) is 0 Å². The lowest BCUT2D eigenvalue weighted by atomic mass is 10.1. The summed E-state index contributed by atoms with van der Waals surface area (Å²) in [6.45, 7) is 2.74. The van der Waals surface area contributed by atoms with Gasteiger partial charge in [0, 0.05) is 24.3 Å². The van der Waals surface area contributed by atoms with E-state index in [2.05, 4.69) is 22.4 Å². The second-order valence-electron chi connectivity index (χ2n) is 7.21. The number of thioether (sulfide) groups is 1. The van der Waals surface area contributed by atoms with Crippen molar-refractivity contribution in [2.75, 3.05) is 12.3 Å². The first-order valence-electron chi connectivity index (χ1n) is 10.5. The van der Waals surface area contributed by atoms with Gasteiger partial charge in [-0.05, 0) is 31.0 Å². The van der Waals surface area contributed by atoms with E-state index in [-0.39, 0.29) is 5.91 Å². The Bertz CT molecular complexity index is 1020. The van der Waals surface area contributed by atoms with E-state index in [1.807, 2.05) is 30.3 Å². The zero-order chi connectivity index (χ0) is 23.0. The predicted octanol–water partition coefficient (Wildman–Crippen LogP) is 5.74. The molecule has 0 saturated carbocycles. The summed E-state index contributed by atoms with van der Waals surface area (Å²) in [5.74, 6) is 1.06. The number of carbonyl (C=O) groups is 1. The van der Waals surface area contributed by atoms with Crippen molar-refractivity contribution in [3.8, 4) is 17.1 Å². The maximum Gasteiger partial charge on any atom is 0.416 e. The SMILES string of the molecule is CCCCNC(=O)CCCSc1nnc(-c2ccccc2)n1-c1cccc(C(F)(F)F)c1. The number of aromatic nitrogens is 3. The summed E-state index contributed by atoms with van der Waals surface area (Å²) in [6, 6.07) is 14.3. The van der Waals surface area contributed by atoms with Crippen molar-refractivity contribution >= 4 is 17.7 Å². The van der Waals surface area contributed by atoms with Gasteiger partial charge >= 0.3 is 6.18 Å². The summed E-state index contributed by atoms with van der Waals surface area (Å²) >= 11 is 1.37. The highest BCUT2D eigenvalue weighted by Gasteiger charge is 2.31. The van der Waals surface area contributed by atoms with Crippen LogP contribution < -0.4 is 5.32 Å². The van der Waals surface area contributed by atoms with Gasteiger partial charge in [-0.2, -0.15) is 13.2 Å². The number of amides is 1. The molecule has 0 spiro atoms. The maximum atomic E-state index is 13.3. The maximum absolute atomic E-state index is 13.3. The predicted molar refractivity (Wildman–Crippen MR) is 120 cm³/mol. The van der Waals surface area contributed by atoms with Gasteiger partial charge in [0.2, 0.25) is 5.91 Å². The van der Waals surface area contributed by atoms with Gasteiger partial charge in [0.15, 0.2) is 11.0 Å². The fraction of sp³-hybridized carbons (Fsp3) is 0.348. The van der Waals surface area contributed by atoms with Crippen molar-refractivity contribution < 1.29 is 18.0 Å². The molecule has 0 aliphatic heterocycles. The van der Waals surface area contributed by atoms with Gasteiger partial charge in [-0.25, -0.2) is 0 Å². The van der Waals surface area contributed by atoms with Gasteiger partial charge in [-0.15, -0.1) is 10.2 Å². The highest BCUT2D eigenvalue weighted by molar-refractivity contribution is 7.99. The van der Waals surface area contributed by atoms with Crippen LogP contribution in [0, 0.1) is 0 Å². The molecule has 0 saturated heterocycles. The first kappa shape index (κ1) is 23.8. The summed E-state index contributed by atoms with van der Waals surface area (Å²) in [6.07, 6.45) is -1.47. The molecule has 1 aromatic heterocycles. The van der Waals surface area contributed by atoms with E-state index in [0.29, 0.717) is 41.8 Å². The van der Waals surface area contributed by atoms with Crippen LogP contribution in [0.4, 0.5) is 13.2 Å². The Morgan fingerprint density at radius 3 is 2.56 bits per heavy atom. The number of nitrogens with zero attached hydrogens (tertiary/aromatic N) is 3. The Morgan fingerprint density at radius 2 is 1.84 bits per heavy atom. The van der Waals surface area contributed by atoms with Crippen LogP contribution in [0.5, 0.6) is 0 Å². The lowest BCUT2D eigenvalue weighted by Gasteiger charge is -2.13. The van der Waals surface area contributed by atoms with E-state index in [0.717, 1.165) is 30.5 Å². The monoisotopic (exact) mass is 462 g/mol. The van der Waals surface area contributed by atoms with Gasteiger partial charge in [0.1, 0.15) is 0 Å². The first-order chi connectivity index (χ1) is 15.4. The van der Waals surface area contributed by atoms with E-state index >= 15 is 0 Å². The number of unbranched alkanes of at least 4 members (excludes halogenated alkanes) is 1. The van der Waals surface area contributed by atoms with E-state index in [9.17, 15) is 18.0 Å². The molecule has 32 heavy (non-hydrogen) atoms. The average Bonchev–Trinajstić information content (AvgIpc) is 3.21. The molecule has 0 radical (unpaired) electrons. The molecule has 0 bridgehead atoms. The zero-order valence-corrected chi connectivity index (χ0v) is 18.5. The van der Waals surface area contributed by atoms with Gasteiger partial charge in [0.25, 0.3) is 0 Å². The van der Waals surface area contributed by atoms with Crippen molar-refractivity contribution in [1.29, 1.82) is 0 Å². The molecule has 5 nitrogen and oxygen atoms in total. The van der Waals surface area contributed by atoms with Crippen LogP contribution >= 0.6 is 11.8 Å². The van der Waals surface area contributed by atoms with Crippen LogP contribution in [-0.4, -0.2) is 33.0 Å². The number of nitrogens with one attached hydrogen (secondary N) is 1. The summed E-state index contributed by atoms with van der Waals surface area (Å²) < 4.78 is 41.5. The lowest BCUT2D eigenvalue weighted by Crippen LogP contribution is -2.24. The molecule has 1 amide bonds. The number of hydrogen-bond donors (Lipinski definition) is 1. The molecule has 170 valence electrons. The van der Waals surface area contributed by atoms with Crippen molar-refractivity contribution in [1.82, 2.24) is 20.1 Å². The fourth-order valence-electron chi connectivity index (χ4n) is 3.08. The third kappa shape index (κ3) is 6.35. The normalized spacial score (nSPS) is 11.5. The second kappa shape index (κ2) is 11.2. The minimum Gasteiger partial charge on any atom is -0.356 e. The van der Waals surface area contributed by atoms with Crippen LogP contribution in [0.15, 0.2) is 59.8 Å². The Kier molecular flexibility index (Phi) is 8.33. The minimum absolute atomic E-state index is 0.00312. The fourth-order valence-corrected chi connectivity index (χ4v) is 3.97. The Balaban J connectivity index is 1.80. The lowest BCUT2D eigenvalue weighted by molar-refractivity contribution is -0.137. The molecule has 0 aliphatic rings. The van der Waals surface area contributed by atoms with Crippen LogP contribution in [-0.2, 0) is 11.0 Å². The molecule has 0 unspecified atom stereocenters. The molecule has 2 aromatic carbocycles. The van der Waals surface area contributed by atoms with Crippen LogP contribution in [0.2, 0.25) is 0 Å². The third-order valence-electron chi connectivity index (χ3n) is 4.73. The largest absolute Gasteiger partial charge is 0.416 e. The number of rotatable bonds is 10. The molecule has 0 aliphatic carbocycles. The smallest absolute Gasteiger partial charge is 0.356 e. The van der Waals surface area contributed by atoms with Crippen molar-refractivity contribution in [3.05, 3.63) is 60.2 Å². The summed E-state index contributed by atoms with van der Waals surface area (Å²) in [4.78, 5) is 11.9. The number of carbonyl (C=O) groups excluding carboxylic acids is 1. The molecular weight excluding hydrogens is 437 g/mol. The van der Waals surface area contributed by atoms with Crippen molar-refractivity contribution in [2.45, 2.75) is 43.9 Å². The molecule has 0 atom stereocenters. The minimum atomic E-state index is -4.45. The molecule has 9 heteroatoms. The summed E-state index contributed by atoms with van der Waals surface area (Å²) in [5.41, 5.74) is 0.352. The van der Waals surface area contributed by atoms with E-state index in [1.165, 1.54) is 17.8 Å². The molecule has 3 rings (SSSR count). The quantitative estimate of drug-likeness (QED) is 0.308. The number of hydrogen-bond acceptors (Lipinski definition) is 4. The molecule has 1 heterocycles. The standard InChI is InChI=1S/C23H25F3N4OS/c1-2-3-14-27-20(31)13-8-15-32-22-29-28-21(17-9-5-4-6-10-17)30(22)19-12-7-11-18(16-19)23(24,25)26/h4-7,9-12,16H,2-3,8,13-15H2,1H3,(H,27,31). The highest BCUT2D eigenvalue weighted by atomic mass is 32.2. The Labute approximate surface area is 189 Å². The van der Waals surface area contributed by atoms with Crippen molar-refractivity contribution in [2.24, 2.45) is 0 Å². The third-order valence-corrected chi connectivity index (χ3v) is 5.74. The summed E-state index contributed by atoms with van der Waals surface area (Å²) in [7, 11) is 0. The zero-order valence-electron chi connectivity index (χ0n) is 17.7. The van der Waals surface area contributed by atoms with Gasteiger partial charge < -0.3 is 5.32 Å². The van der Waals surface area contributed by atoms with E-state index in [4.69, 9.17) is 0 Å². The molecular formula is C23H25F3N4OS. The van der Waals surface area contributed by atoms with Crippen LogP contribution in [0.1, 0.15) is 38.2 Å². The Morgan fingerprint density at radius 1 is 1.06 bits per heavy atom. The van der Waals surface area contributed by atoms with Crippen LogP contribution in [0.25, 0.3) is 17.1 Å². The van der Waals surface area contributed by atoms with Gasteiger partial charge in [-0.3, -0.25) is 9.36 Å². The molecule has 0 fully saturated rings.